The van der Waals surface area contributed by atoms with Gasteiger partial charge in [-0.3, -0.25) is 4.79 Å². The maximum atomic E-state index is 12.7. The van der Waals surface area contributed by atoms with Gasteiger partial charge in [0.05, 0.1) is 13.7 Å². The van der Waals surface area contributed by atoms with Crippen molar-refractivity contribution in [2.24, 2.45) is 0 Å². The Morgan fingerprint density at radius 2 is 1.89 bits per heavy atom. The van der Waals surface area contributed by atoms with E-state index in [-0.39, 0.29) is 24.0 Å². The van der Waals surface area contributed by atoms with Crippen molar-refractivity contribution in [3.05, 3.63) is 40.3 Å². The van der Waals surface area contributed by atoms with Gasteiger partial charge in [-0.25, -0.2) is 9.78 Å². The molecule has 7 nitrogen and oxygen atoms in total. The summed E-state index contributed by atoms with van der Waals surface area (Å²) in [4.78, 5) is 31.0. The summed E-state index contributed by atoms with van der Waals surface area (Å²) < 4.78 is 5.13. The highest BCUT2D eigenvalue weighted by atomic mass is 32.1. The molecule has 2 aromatic rings. The molecule has 1 atom stereocenters. The first-order chi connectivity index (χ1) is 13.3. The average Bonchev–Trinajstić information content (AvgIpc) is 3.15. The standard InChI is InChI=1S/C20H28N4O3S/c1-6-14(4)21-19(25)17-12-28-18(23-17)11-24(13(2)3)20(26)22-15-7-9-16(27-5)10-8-15/h7-10,12-14H,6,11H2,1-5H3,(H,21,25)(H,22,26). The molecule has 0 aliphatic heterocycles. The van der Waals surface area contributed by atoms with E-state index in [1.807, 2.05) is 27.7 Å². The van der Waals surface area contributed by atoms with E-state index in [1.165, 1.54) is 11.3 Å². The molecule has 2 rings (SSSR count). The molecule has 0 spiro atoms. The quantitative estimate of drug-likeness (QED) is 0.693. The number of methoxy groups -OCH3 is 1. The van der Waals surface area contributed by atoms with Crippen molar-refractivity contribution in [3.63, 3.8) is 0 Å². The Balaban J connectivity index is 2.03. The maximum Gasteiger partial charge on any atom is 0.322 e. The van der Waals surface area contributed by atoms with Gasteiger partial charge < -0.3 is 20.3 Å². The highest BCUT2D eigenvalue weighted by Crippen LogP contribution is 2.18. The maximum absolute atomic E-state index is 12.7. The molecule has 0 bridgehead atoms. The molecule has 8 heteroatoms. The number of hydrogen-bond acceptors (Lipinski definition) is 5. The summed E-state index contributed by atoms with van der Waals surface area (Å²) in [5, 5.41) is 8.23. The van der Waals surface area contributed by atoms with Gasteiger partial charge in [0, 0.05) is 23.2 Å². The van der Waals surface area contributed by atoms with E-state index < -0.39 is 0 Å². The summed E-state index contributed by atoms with van der Waals surface area (Å²) in [5.41, 5.74) is 1.07. The first-order valence-corrected chi connectivity index (χ1v) is 10.2. The Hall–Kier alpha value is -2.61. The van der Waals surface area contributed by atoms with Gasteiger partial charge in [0.25, 0.3) is 5.91 Å². The van der Waals surface area contributed by atoms with Crippen LogP contribution < -0.4 is 15.4 Å². The van der Waals surface area contributed by atoms with Crippen LogP contribution in [0.5, 0.6) is 5.75 Å². The molecule has 0 saturated carbocycles. The molecule has 0 fully saturated rings. The normalized spacial score (nSPS) is 11.8. The highest BCUT2D eigenvalue weighted by Gasteiger charge is 2.20. The number of amides is 3. The SMILES string of the molecule is CCC(C)NC(=O)c1csc(CN(C(=O)Nc2ccc(OC)cc2)C(C)C)n1. The number of rotatable bonds is 8. The zero-order valence-electron chi connectivity index (χ0n) is 17.0. The number of hydrogen-bond donors (Lipinski definition) is 2. The number of anilines is 1. The second kappa shape index (κ2) is 10.1. The number of nitrogens with zero attached hydrogens (tertiary/aromatic N) is 2. The lowest BCUT2D eigenvalue weighted by atomic mass is 10.2. The van der Waals surface area contributed by atoms with E-state index in [0.717, 1.165) is 12.2 Å². The van der Waals surface area contributed by atoms with Gasteiger partial charge in [0.2, 0.25) is 0 Å². The van der Waals surface area contributed by atoms with Crippen molar-refractivity contribution in [3.8, 4) is 5.75 Å². The summed E-state index contributed by atoms with van der Waals surface area (Å²) in [5.74, 6) is 0.542. The smallest absolute Gasteiger partial charge is 0.322 e. The minimum absolute atomic E-state index is 0.0282. The number of benzene rings is 1. The van der Waals surface area contributed by atoms with Crippen LogP contribution in [0, 0.1) is 0 Å². The molecule has 1 aromatic heterocycles. The average molecular weight is 405 g/mol. The lowest BCUT2D eigenvalue weighted by Crippen LogP contribution is -2.39. The predicted molar refractivity (Wildman–Crippen MR) is 112 cm³/mol. The molecule has 0 saturated heterocycles. The Morgan fingerprint density at radius 3 is 2.46 bits per heavy atom. The summed E-state index contributed by atoms with van der Waals surface area (Å²) in [6.45, 7) is 8.19. The monoisotopic (exact) mass is 404 g/mol. The van der Waals surface area contributed by atoms with Crippen molar-refractivity contribution in [1.82, 2.24) is 15.2 Å². The molecule has 3 amide bonds. The van der Waals surface area contributed by atoms with Gasteiger partial charge in [-0.05, 0) is 51.5 Å². The van der Waals surface area contributed by atoms with Crippen molar-refractivity contribution in [2.45, 2.75) is 52.7 Å². The number of thiazole rings is 1. The Kier molecular flexibility index (Phi) is 7.80. The predicted octanol–water partition coefficient (Wildman–Crippen LogP) is 4.12. The van der Waals surface area contributed by atoms with Crippen LogP contribution in [0.3, 0.4) is 0 Å². The largest absolute Gasteiger partial charge is 0.497 e. The fourth-order valence-electron chi connectivity index (χ4n) is 2.39. The third kappa shape index (κ3) is 5.95. The van der Waals surface area contributed by atoms with Crippen LogP contribution in [-0.2, 0) is 6.54 Å². The van der Waals surface area contributed by atoms with E-state index in [1.54, 1.807) is 41.7 Å². The molecule has 1 aromatic carbocycles. The fourth-order valence-corrected chi connectivity index (χ4v) is 3.16. The molecule has 152 valence electrons. The molecule has 0 aliphatic rings. The Morgan fingerprint density at radius 1 is 1.21 bits per heavy atom. The fraction of sp³-hybridized carbons (Fsp3) is 0.450. The number of nitrogens with one attached hydrogen (secondary N) is 2. The van der Waals surface area contributed by atoms with Crippen molar-refractivity contribution in [1.29, 1.82) is 0 Å². The lowest BCUT2D eigenvalue weighted by Gasteiger charge is -2.26. The first-order valence-electron chi connectivity index (χ1n) is 9.31. The second-order valence-corrected chi connectivity index (χ2v) is 7.73. The van der Waals surface area contributed by atoms with Crippen LogP contribution in [0.15, 0.2) is 29.6 Å². The van der Waals surface area contributed by atoms with Gasteiger partial charge in [-0.2, -0.15) is 0 Å². The zero-order valence-corrected chi connectivity index (χ0v) is 17.8. The zero-order chi connectivity index (χ0) is 20.7. The van der Waals surface area contributed by atoms with Crippen LogP contribution >= 0.6 is 11.3 Å². The van der Waals surface area contributed by atoms with Crippen molar-refractivity contribution < 1.29 is 14.3 Å². The summed E-state index contributed by atoms with van der Waals surface area (Å²) >= 11 is 1.38. The van der Waals surface area contributed by atoms with Crippen molar-refractivity contribution in [2.75, 3.05) is 12.4 Å². The minimum Gasteiger partial charge on any atom is -0.497 e. The summed E-state index contributed by atoms with van der Waals surface area (Å²) in [6, 6.07) is 7.00. The van der Waals surface area contributed by atoms with E-state index in [0.29, 0.717) is 22.9 Å². The summed E-state index contributed by atoms with van der Waals surface area (Å²) in [6.07, 6.45) is 0.857. The highest BCUT2D eigenvalue weighted by molar-refractivity contribution is 7.09. The molecule has 0 aliphatic carbocycles. The third-order valence-electron chi connectivity index (χ3n) is 4.31. The molecule has 0 radical (unpaired) electrons. The third-order valence-corrected chi connectivity index (χ3v) is 5.14. The minimum atomic E-state index is -0.221. The molecular weight excluding hydrogens is 376 g/mol. The molecular formula is C20H28N4O3S. The van der Waals surface area contributed by atoms with Crippen molar-refractivity contribution >= 4 is 29.0 Å². The van der Waals surface area contributed by atoms with E-state index in [9.17, 15) is 9.59 Å². The lowest BCUT2D eigenvalue weighted by molar-refractivity contribution is 0.0934. The van der Waals surface area contributed by atoms with E-state index in [2.05, 4.69) is 15.6 Å². The van der Waals surface area contributed by atoms with Gasteiger partial charge in [-0.15, -0.1) is 11.3 Å². The van der Waals surface area contributed by atoms with E-state index >= 15 is 0 Å². The number of urea groups is 1. The van der Waals surface area contributed by atoms with Crippen LogP contribution in [0.1, 0.15) is 49.6 Å². The van der Waals surface area contributed by atoms with Crippen LogP contribution in [0.2, 0.25) is 0 Å². The molecule has 28 heavy (non-hydrogen) atoms. The first kappa shape index (κ1) is 21.7. The number of carbonyl (C=O) groups excluding carboxylic acids is 2. The molecule has 2 N–H and O–H groups in total. The van der Waals surface area contributed by atoms with Crippen LogP contribution in [-0.4, -0.2) is 41.0 Å². The molecule has 1 heterocycles. The summed E-state index contributed by atoms with van der Waals surface area (Å²) in [7, 11) is 1.60. The van der Waals surface area contributed by atoms with Gasteiger partial charge in [0.15, 0.2) is 0 Å². The van der Waals surface area contributed by atoms with E-state index in [4.69, 9.17) is 4.74 Å². The van der Waals surface area contributed by atoms with Crippen LogP contribution in [0.4, 0.5) is 10.5 Å². The van der Waals surface area contributed by atoms with Gasteiger partial charge in [0.1, 0.15) is 16.5 Å². The Bertz CT molecular complexity index is 789. The Labute approximate surface area is 170 Å². The number of carbonyl (C=O) groups is 2. The van der Waals surface area contributed by atoms with Gasteiger partial charge in [-0.1, -0.05) is 6.92 Å². The van der Waals surface area contributed by atoms with Crippen LogP contribution in [0.25, 0.3) is 0 Å². The number of aromatic nitrogens is 1. The number of ether oxygens (including phenoxy) is 1. The topological polar surface area (TPSA) is 83.6 Å². The van der Waals surface area contributed by atoms with Gasteiger partial charge >= 0.3 is 6.03 Å². The second-order valence-electron chi connectivity index (χ2n) is 6.79. The molecule has 1 unspecified atom stereocenters.